The molecular weight excluding hydrogens is 465 g/mol. The van der Waals surface area contributed by atoms with Gasteiger partial charge in [0.25, 0.3) is 11.8 Å². The van der Waals surface area contributed by atoms with Gasteiger partial charge in [-0.1, -0.05) is 24.3 Å². The van der Waals surface area contributed by atoms with Crippen molar-refractivity contribution in [3.8, 4) is 11.1 Å². The van der Waals surface area contributed by atoms with Crippen LogP contribution < -0.4 is 16.0 Å². The van der Waals surface area contributed by atoms with E-state index >= 15 is 0 Å². The van der Waals surface area contributed by atoms with E-state index in [0.29, 0.717) is 16.8 Å². The summed E-state index contributed by atoms with van der Waals surface area (Å²) >= 11 is 0. The minimum Gasteiger partial charge on any atom is -0.349 e. The van der Waals surface area contributed by atoms with Gasteiger partial charge < -0.3 is 10.6 Å². The first-order valence-corrected chi connectivity index (χ1v) is 10.8. The van der Waals surface area contributed by atoms with Gasteiger partial charge in [-0.15, -0.1) is 0 Å². The monoisotopic (exact) mass is 484 g/mol. The first-order valence-electron chi connectivity index (χ1n) is 10.8. The van der Waals surface area contributed by atoms with E-state index in [9.17, 15) is 27.6 Å². The number of pyridine rings is 1. The Labute approximate surface area is 196 Å². The van der Waals surface area contributed by atoms with Gasteiger partial charge in [0.15, 0.2) is 5.54 Å². The van der Waals surface area contributed by atoms with Crippen LogP contribution in [0, 0.1) is 0 Å². The van der Waals surface area contributed by atoms with Gasteiger partial charge in [0.2, 0.25) is 0 Å². The third kappa shape index (κ3) is 4.11. The molecule has 1 aliphatic heterocycles. The Morgan fingerprint density at radius 2 is 1.91 bits per heavy atom. The first kappa shape index (κ1) is 22.6. The van der Waals surface area contributed by atoms with E-state index in [0.717, 1.165) is 25.1 Å². The number of aromatic nitrogens is 3. The molecule has 3 aromatic rings. The van der Waals surface area contributed by atoms with Crippen LogP contribution in [-0.4, -0.2) is 39.2 Å². The third-order valence-corrected chi connectivity index (χ3v) is 5.99. The maximum Gasteiger partial charge on any atom is 0.433 e. The topological polar surface area (TPSA) is 118 Å². The van der Waals surface area contributed by atoms with Gasteiger partial charge in [-0.3, -0.25) is 24.6 Å². The summed E-state index contributed by atoms with van der Waals surface area (Å²) in [5, 5.41) is 11.8. The van der Waals surface area contributed by atoms with Crippen LogP contribution in [0.3, 0.4) is 0 Å². The molecule has 5 rings (SSSR count). The number of nitrogens with one attached hydrogen (secondary N) is 3. The zero-order valence-electron chi connectivity index (χ0n) is 18.1. The number of nitrogens with zero attached hydrogens (tertiary/aromatic N) is 3. The Morgan fingerprint density at radius 3 is 2.54 bits per heavy atom. The number of benzene rings is 1. The fraction of sp³-hybridized carbons (Fsp3) is 0.261. The number of imide groups is 1. The van der Waals surface area contributed by atoms with E-state index in [1.807, 2.05) is 0 Å². The van der Waals surface area contributed by atoms with Crippen LogP contribution >= 0.6 is 0 Å². The van der Waals surface area contributed by atoms with E-state index in [1.54, 1.807) is 28.9 Å². The maximum absolute atomic E-state index is 13.2. The second-order valence-corrected chi connectivity index (χ2v) is 8.36. The number of hydrogen-bond acceptors (Lipinski definition) is 5. The lowest BCUT2D eigenvalue weighted by atomic mass is 9.94. The van der Waals surface area contributed by atoms with Crippen molar-refractivity contribution < 1.29 is 27.6 Å². The van der Waals surface area contributed by atoms with Crippen molar-refractivity contribution in [1.82, 2.24) is 30.7 Å². The Bertz CT molecular complexity index is 1320. The summed E-state index contributed by atoms with van der Waals surface area (Å²) in [4.78, 5) is 41.5. The number of carbonyl (C=O) groups is 3. The fourth-order valence-electron chi connectivity index (χ4n) is 4.11. The molecule has 1 saturated carbocycles. The molecule has 9 nitrogen and oxygen atoms in total. The summed E-state index contributed by atoms with van der Waals surface area (Å²) in [6, 6.07) is 9.48. The second-order valence-electron chi connectivity index (χ2n) is 8.36. The van der Waals surface area contributed by atoms with Crippen molar-refractivity contribution >= 4 is 17.8 Å². The second kappa shape index (κ2) is 8.22. The highest BCUT2D eigenvalue weighted by molar-refractivity contribution is 6.08. The van der Waals surface area contributed by atoms with Gasteiger partial charge in [-0.2, -0.15) is 18.3 Å². The van der Waals surface area contributed by atoms with E-state index < -0.39 is 35.3 Å². The van der Waals surface area contributed by atoms with Crippen molar-refractivity contribution in [1.29, 1.82) is 0 Å². The smallest absolute Gasteiger partial charge is 0.349 e. The quantitative estimate of drug-likeness (QED) is 0.465. The van der Waals surface area contributed by atoms with Crippen molar-refractivity contribution in [2.24, 2.45) is 0 Å². The highest BCUT2D eigenvalue weighted by atomic mass is 19.4. The number of hydrogen-bond donors (Lipinski definition) is 3. The predicted molar refractivity (Wildman–Crippen MR) is 116 cm³/mol. The molecular formula is C23H19F3N6O3. The van der Waals surface area contributed by atoms with Crippen LogP contribution in [-0.2, 0) is 16.5 Å². The third-order valence-electron chi connectivity index (χ3n) is 5.99. The molecule has 1 unspecified atom stereocenters. The molecule has 0 bridgehead atoms. The molecule has 2 aromatic heterocycles. The van der Waals surface area contributed by atoms with Crippen molar-refractivity contribution in [3.05, 3.63) is 71.8 Å². The molecule has 1 aromatic carbocycles. The normalized spacial score (nSPS) is 19.9. The molecule has 180 valence electrons. The lowest BCUT2D eigenvalue weighted by molar-refractivity contribution is -0.141. The zero-order chi connectivity index (χ0) is 24.8. The van der Waals surface area contributed by atoms with Gasteiger partial charge in [0.1, 0.15) is 5.69 Å². The zero-order valence-corrected chi connectivity index (χ0v) is 18.1. The van der Waals surface area contributed by atoms with Crippen molar-refractivity contribution in [3.63, 3.8) is 0 Å². The number of halogens is 3. The largest absolute Gasteiger partial charge is 0.433 e. The van der Waals surface area contributed by atoms with Crippen molar-refractivity contribution in [2.45, 2.75) is 30.6 Å². The number of alkyl halides is 3. The van der Waals surface area contributed by atoms with Gasteiger partial charge >= 0.3 is 12.2 Å². The van der Waals surface area contributed by atoms with Gasteiger partial charge in [0, 0.05) is 23.5 Å². The first-order chi connectivity index (χ1) is 16.7. The van der Waals surface area contributed by atoms with E-state index in [2.05, 4.69) is 26.0 Å². The van der Waals surface area contributed by atoms with Crippen LogP contribution in [0.25, 0.3) is 11.1 Å². The highest BCUT2D eigenvalue weighted by Gasteiger charge is 2.51. The summed E-state index contributed by atoms with van der Waals surface area (Å²) in [6.07, 6.45) is -0.220. The predicted octanol–water partition coefficient (Wildman–Crippen LogP) is 2.76. The van der Waals surface area contributed by atoms with Crippen LogP contribution in [0.15, 0.2) is 54.9 Å². The fourth-order valence-corrected chi connectivity index (χ4v) is 4.11. The summed E-state index contributed by atoms with van der Waals surface area (Å²) < 4.78 is 40.3. The van der Waals surface area contributed by atoms with Crippen LogP contribution in [0.2, 0.25) is 0 Å². The van der Waals surface area contributed by atoms with Crippen LogP contribution in [0.4, 0.5) is 18.0 Å². The molecule has 0 spiro atoms. The lowest BCUT2D eigenvalue weighted by Gasteiger charge is -2.27. The minimum atomic E-state index is -4.58. The average Bonchev–Trinajstić information content (AvgIpc) is 3.48. The Kier molecular flexibility index (Phi) is 5.30. The molecule has 2 fully saturated rings. The molecule has 3 heterocycles. The molecule has 4 amide bonds. The van der Waals surface area contributed by atoms with Crippen molar-refractivity contribution in [2.75, 3.05) is 6.54 Å². The molecule has 1 saturated heterocycles. The Morgan fingerprint density at radius 1 is 1.14 bits per heavy atom. The summed E-state index contributed by atoms with van der Waals surface area (Å²) in [5.74, 6) is -1.20. The Balaban J connectivity index is 1.42. The number of carbonyl (C=O) groups excluding carboxylic acids is 3. The minimum absolute atomic E-state index is 0.116. The molecule has 0 radical (unpaired) electrons. The summed E-state index contributed by atoms with van der Waals surface area (Å²) in [6.45, 7) is -0.262. The molecule has 1 aliphatic carbocycles. The standard InChI is InChI=1S/C23H19F3N6O3/c24-23(25,26)17-8-5-13(11-27-17)15-3-1-2-4-16(15)19(33)28-12-22(20(34)30-21(35)31-22)18-9-10-29-32(18)14-6-7-14/h1-5,8-11,14H,6-7,12H2,(H,28,33)(H2,30,31,34,35). The van der Waals surface area contributed by atoms with Crippen LogP contribution in [0.1, 0.15) is 40.6 Å². The molecule has 1 atom stereocenters. The van der Waals surface area contributed by atoms with Gasteiger partial charge in [-0.25, -0.2) is 4.79 Å². The SMILES string of the molecule is O=C1NC(=O)C(CNC(=O)c2ccccc2-c2ccc(C(F)(F)F)nc2)(c2ccnn2C2CC2)N1. The van der Waals surface area contributed by atoms with E-state index in [4.69, 9.17) is 0 Å². The molecule has 3 N–H and O–H groups in total. The lowest BCUT2D eigenvalue weighted by Crippen LogP contribution is -2.53. The number of urea groups is 1. The molecule has 2 aliphatic rings. The van der Waals surface area contributed by atoms with E-state index in [-0.39, 0.29) is 18.2 Å². The van der Waals surface area contributed by atoms with Gasteiger partial charge in [0.05, 0.1) is 18.3 Å². The summed E-state index contributed by atoms with van der Waals surface area (Å²) in [7, 11) is 0. The number of amides is 4. The van der Waals surface area contributed by atoms with Gasteiger partial charge in [-0.05, 0) is 36.6 Å². The number of rotatable bonds is 6. The summed E-state index contributed by atoms with van der Waals surface area (Å²) in [5.41, 5.74) is -1.30. The maximum atomic E-state index is 13.2. The van der Waals surface area contributed by atoms with Crippen LogP contribution in [0.5, 0.6) is 0 Å². The molecule has 35 heavy (non-hydrogen) atoms. The molecule has 12 heteroatoms. The average molecular weight is 484 g/mol. The van der Waals surface area contributed by atoms with E-state index in [1.165, 1.54) is 18.3 Å². The highest BCUT2D eigenvalue weighted by Crippen LogP contribution is 2.38. The Hall–Kier alpha value is -4.22.